The Kier molecular flexibility index (Phi) is 4.71. The lowest BCUT2D eigenvalue weighted by Gasteiger charge is -2.13. The average Bonchev–Trinajstić information content (AvgIpc) is 2.31. The molecule has 1 rings (SSSR count). The number of rotatable bonds is 3. The van der Waals surface area contributed by atoms with Crippen molar-refractivity contribution in [1.82, 2.24) is 5.32 Å². The predicted octanol–water partition coefficient (Wildman–Crippen LogP) is 0.662. The van der Waals surface area contributed by atoms with Gasteiger partial charge in [0.2, 0.25) is 0 Å². The largest absolute Gasteiger partial charge is 0.449 e. The topological polar surface area (TPSA) is 125 Å². The van der Waals surface area contributed by atoms with Crippen LogP contribution < -0.4 is 16.8 Å². The fourth-order valence-corrected chi connectivity index (χ4v) is 1.41. The van der Waals surface area contributed by atoms with Gasteiger partial charge in [-0.15, -0.1) is 0 Å². The summed E-state index contributed by atoms with van der Waals surface area (Å²) in [5.41, 5.74) is 10.5. The second-order valence-electron chi connectivity index (χ2n) is 3.61. The van der Waals surface area contributed by atoms with Gasteiger partial charge in [-0.2, -0.15) is 0 Å². The monoisotopic (exact) mass is 285 g/mol. The van der Waals surface area contributed by atoms with Gasteiger partial charge in [0, 0.05) is 0 Å². The van der Waals surface area contributed by atoms with E-state index in [0.717, 1.165) is 0 Å². The number of benzene rings is 1. The van der Waals surface area contributed by atoms with Crippen LogP contribution in [0.4, 0.5) is 10.5 Å². The summed E-state index contributed by atoms with van der Waals surface area (Å²) in [7, 11) is 0. The summed E-state index contributed by atoms with van der Waals surface area (Å²) in [4.78, 5) is 33.6. The van der Waals surface area contributed by atoms with E-state index < -0.39 is 24.0 Å². The van der Waals surface area contributed by atoms with Crippen molar-refractivity contribution in [2.24, 2.45) is 5.73 Å². The van der Waals surface area contributed by atoms with Gasteiger partial charge in [0.15, 0.2) is 6.10 Å². The van der Waals surface area contributed by atoms with Crippen LogP contribution >= 0.6 is 11.6 Å². The second kappa shape index (κ2) is 6.05. The smallest absolute Gasteiger partial charge is 0.340 e. The van der Waals surface area contributed by atoms with Gasteiger partial charge in [-0.05, 0) is 19.1 Å². The third-order valence-electron chi connectivity index (χ3n) is 2.15. The molecule has 0 radical (unpaired) electrons. The zero-order chi connectivity index (χ0) is 14.6. The van der Waals surface area contributed by atoms with Crippen molar-refractivity contribution in [3.05, 3.63) is 28.8 Å². The predicted molar refractivity (Wildman–Crippen MR) is 68.5 cm³/mol. The number of imide groups is 1. The summed E-state index contributed by atoms with van der Waals surface area (Å²) in [6.45, 7) is 1.29. The van der Waals surface area contributed by atoms with Crippen LogP contribution in [0.25, 0.3) is 0 Å². The van der Waals surface area contributed by atoms with Gasteiger partial charge in [-0.25, -0.2) is 9.59 Å². The molecule has 0 saturated heterocycles. The van der Waals surface area contributed by atoms with E-state index in [0.29, 0.717) is 0 Å². The van der Waals surface area contributed by atoms with Crippen molar-refractivity contribution >= 4 is 35.2 Å². The first kappa shape index (κ1) is 14.8. The number of nitrogen functional groups attached to an aromatic ring is 1. The molecule has 0 fully saturated rings. The summed E-state index contributed by atoms with van der Waals surface area (Å²) < 4.78 is 4.84. The number of hydrogen-bond donors (Lipinski definition) is 3. The Labute approximate surface area is 113 Å². The highest BCUT2D eigenvalue weighted by atomic mass is 35.5. The summed E-state index contributed by atoms with van der Waals surface area (Å²) >= 11 is 5.83. The van der Waals surface area contributed by atoms with Gasteiger partial charge >= 0.3 is 12.0 Å². The molecule has 1 atom stereocenters. The van der Waals surface area contributed by atoms with Crippen molar-refractivity contribution in [2.45, 2.75) is 13.0 Å². The van der Waals surface area contributed by atoms with Crippen LogP contribution in [0.2, 0.25) is 5.02 Å². The van der Waals surface area contributed by atoms with E-state index in [4.69, 9.17) is 27.8 Å². The molecule has 0 aliphatic carbocycles. The standard InChI is InChI=1S/C11H12ClN3O4/c1-5(9(16)15-11(14)18)19-10(17)6-3-2-4-7(13)8(6)12/h2-5H,13H2,1H3,(H3,14,15,16,18). The average molecular weight is 286 g/mol. The molecule has 1 unspecified atom stereocenters. The maximum atomic E-state index is 11.8. The Morgan fingerprint density at radius 1 is 1.37 bits per heavy atom. The number of amides is 3. The highest BCUT2D eigenvalue weighted by molar-refractivity contribution is 6.36. The number of hydrogen-bond acceptors (Lipinski definition) is 5. The van der Waals surface area contributed by atoms with Crippen molar-refractivity contribution in [3.63, 3.8) is 0 Å². The van der Waals surface area contributed by atoms with Gasteiger partial charge in [0.25, 0.3) is 5.91 Å². The quantitative estimate of drug-likeness (QED) is 0.556. The molecule has 7 nitrogen and oxygen atoms in total. The first-order chi connectivity index (χ1) is 8.82. The zero-order valence-electron chi connectivity index (χ0n) is 9.98. The lowest BCUT2D eigenvalue weighted by Crippen LogP contribution is -2.42. The maximum Gasteiger partial charge on any atom is 0.340 e. The Morgan fingerprint density at radius 3 is 2.58 bits per heavy atom. The molecule has 19 heavy (non-hydrogen) atoms. The lowest BCUT2D eigenvalue weighted by atomic mass is 10.2. The molecular formula is C11H12ClN3O4. The van der Waals surface area contributed by atoms with Crippen LogP contribution in [0.5, 0.6) is 0 Å². The first-order valence-electron chi connectivity index (χ1n) is 5.18. The Balaban J connectivity index is 2.77. The number of carbonyl (C=O) groups is 3. The van der Waals surface area contributed by atoms with Crippen LogP contribution in [0, 0.1) is 0 Å². The van der Waals surface area contributed by atoms with Gasteiger partial charge < -0.3 is 16.2 Å². The van der Waals surface area contributed by atoms with E-state index >= 15 is 0 Å². The van der Waals surface area contributed by atoms with E-state index in [1.807, 2.05) is 0 Å². The Morgan fingerprint density at radius 2 is 2.00 bits per heavy atom. The number of nitrogens with one attached hydrogen (secondary N) is 1. The minimum atomic E-state index is -1.20. The molecule has 0 aliphatic heterocycles. The number of halogens is 1. The second-order valence-corrected chi connectivity index (χ2v) is 3.99. The fraction of sp³-hybridized carbons (Fsp3) is 0.182. The zero-order valence-corrected chi connectivity index (χ0v) is 10.7. The summed E-state index contributed by atoms with van der Waals surface area (Å²) in [5, 5.41) is 1.83. The summed E-state index contributed by atoms with van der Waals surface area (Å²) in [6, 6.07) is 3.41. The van der Waals surface area contributed by atoms with E-state index in [2.05, 4.69) is 0 Å². The van der Waals surface area contributed by atoms with E-state index in [1.54, 1.807) is 5.32 Å². The molecule has 0 bridgehead atoms. The van der Waals surface area contributed by atoms with Crippen LogP contribution in [0.1, 0.15) is 17.3 Å². The molecule has 0 aromatic heterocycles. The number of primary amides is 1. The van der Waals surface area contributed by atoms with Gasteiger partial charge in [0.1, 0.15) is 0 Å². The van der Waals surface area contributed by atoms with E-state index in [9.17, 15) is 14.4 Å². The van der Waals surface area contributed by atoms with E-state index in [-0.39, 0.29) is 16.3 Å². The van der Waals surface area contributed by atoms with Crippen LogP contribution in [-0.4, -0.2) is 24.0 Å². The Bertz CT molecular complexity index is 533. The van der Waals surface area contributed by atoms with Crippen molar-refractivity contribution in [1.29, 1.82) is 0 Å². The summed E-state index contributed by atoms with van der Waals surface area (Å²) in [5.74, 6) is -1.66. The minimum absolute atomic E-state index is 0.0281. The highest BCUT2D eigenvalue weighted by Gasteiger charge is 2.21. The third-order valence-corrected chi connectivity index (χ3v) is 2.57. The lowest BCUT2D eigenvalue weighted by molar-refractivity contribution is -0.127. The number of nitrogens with two attached hydrogens (primary N) is 2. The molecule has 0 saturated carbocycles. The molecule has 1 aromatic rings. The van der Waals surface area contributed by atoms with Crippen LogP contribution in [-0.2, 0) is 9.53 Å². The van der Waals surface area contributed by atoms with Gasteiger partial charge in [-0.3, -0.25) is 10.1 Å². The number of ether oxygens (including phenoxy) is 1. The minimum Gasteiger partial charge on any atom is -0.449 e. The molecule has 0 spiro atoms. The fourth-order valence-electron chi connectivity index (χ4n) is 1.21. The van der Waals surface area contributed by atoms with Crippen molar-refractivity contribution in [3.8, 4) is 0 Å². The third kappa shape index (κ3) is 3.85. The molecule has 0 heterocycles. The number of carbonyl (C=O) groups excluding carboxylic acids is 3. The first-order valence-corrected chi connectivity index (χ1v) is 5.56. The van der Waals surface area contributed by atoms with Gasteiger partial charge in [0.05, 0.1) is 16.3 Å². The number of urea groups is 1. The highest BCUT2D eigenvalue weighted by Crippen LogP contribution is 2.23. The maximum absolute atomic E-state index is 11.8. The van der Waals surface area contributed by atoms with Gasteiger partial charge in [-0.1, -0.05) is 17.7 Å². The van der Waals surface area contributed by atoms with Crippen LogP contribution in [0.3, 0.4) is 0 Å². The Hall–Kier alpha value is -2.28. The number of anilines is 1. The molecule has 1 aromatic carbocycles. The SMILES string of the molecule is CC(OC(=O)c1cccc(N)c1Cl)C(=O)NC(N)=O. The number of esters is 1. The van der Waals surface area contributed by atoms with Crippen molar-refractivity contribution in [2.75, 3.05) is 5.73 Å². The normalized spacial score (nSPS) is 11.5. The molecule has 3 amide bonds. The molecule has 8 heteroatoms. The van der Waals surface area contributed by atoms with Crippen molar-refractivity contribution < 1.29 is 19.1 Å². The van der Waals surface area contributed by atoms with Crippen LogP contribution in [0.15, 0.2) is 18.2 Å². The molecule has 5 N–H and O–H groups in total. The summed E-state index contributed by atoms with van der Waals surface area (Å²) in [6.07, 6.45) is -1.20. The molecule has 0 aliphatic rings. The molecular weight excluding hydrogens is 274 g/mol. The van der Waals surface area contributed by atoms with E-state index in [1.165, 1.54) is 25.1 Å². The molecule has 102 valence electrons.